The van der Waals surface area contributed by atoms with Crippen molar-refractivity contribution in [2.24, 2.45) is 0 Å². The molecule has 0 radical (unpaired) electrons. The zero-order chi connectivity index (χ0) is 18.2. The molecule has 26 heavy (non-hydrogen) atoms. The number of halogens is 1. The molecule has 0 aromatic heterocycles. The van der Waals surface area contributed by atoms with E-state index in [4.69, 9.17) is 16.3 Å². The van der Waals surface area contributed by atoms with Crippen molar-refractivity contribution in [1.82, 2.24) is 0 Å². The molecule has 0 aliphatic rings. The first-order valence-electron chi connectivity index (χ1n) is 8.51. The number of rotatable bonds is 7. The largest absolute Gasteiger partial charge is 0.489 e. The van der Waals surface area contributed by atoms with Gasteiger partial charge in [-0.3, -0.25) is 4.79 Å². The lowest BCUT2D eigenvalue weighted by molar-refractivity contribution is -0.116. The van der Waals surface area contributed by atoms with E-state index in [1.54, 1.807) is 0 Å². The highest BCUT2D eigenvalue weighted by atomic mass is 35.5. The van der Waals surface area contributed by atoms with Crippen molar-refractivity contribution in [3.05, 3.63) is 95.0 Å². The SMILES string of the molecule is O=C(CCc1ccccc1Cl)Nc1ccc(OCc2ccccc2)cc1. The fraction of sp³-hybridized carbons (Fsp3) is 0.136. The lowest BCUT2D eigenvalue weighted by Gasteiger charge is -2.09. The summed E-state index contributed by atoms with van der Waals surface area (Å²) < 4.78 is 5.74. The van der Waals surface area contributed by atoms with Crippen LogP contribution in [0.15, 0.2) is 78.9 Å². The van der Waals surface area contributed by atoms with Gasteiger partial charge in [0.2, 0.25) is 5.91 Å². The molecular formula is C22H20ClNO2. The van der Waals surface area contributed by atoms with Gasteiger partial charge in [-0.2, -0.15) is 0 Å². The summed E-state index contributed by atoms with van der Waals surface area (Å²) in [6.45, 7) is 0.518. The maximum atomic E-state index is 12.1. The molecule has 132 valence electrons. The number of nitrogens with one attached hydrogen (secondary N) is 1. The molecular weight excluding hydrogens is 346 g/mol. The van der Waals surface area contributed by atoms with Gasteiger partial charge in [-0.05, 0) is 47.9 Å². The van der Waals surface area contributed by atoms with Crippen molar-refractivity contribution >= 4 is 23.2 Å². The van der Waals surface area contributed by atoms with Gasteiger partial charge in [0.1, 0.15) is 12.4 Å². The van der Waals surface area contributed by atoms with E-state index in [1.165, 1.54) is 0 Å². The van der Waals surface area contributed by atoms with Gasteiger partial charge in [-0.25, -0.2) is 0 Å². The molecule has 3 nitrogen and oxygen atoms in total. The quantitative estimate of drug-likeness (QED) is 0.601. The molecule has 0 aliphatic heterocycles. The minimum atomic E-state index is -0.0390. The Morgan fingerprint density at radius 1 is 0.885 bits per heavy atom. The number of hydrogen-bond donors (Lipinski definition) is 1. The Morgan fingerprint density at radius 3 is 2.31 bits per heavy atom. The van der Waals surface area contributed by atoms with Crippen LogP contribution in [0.3, 0.4) is 0 Å². The molecule has 0 saturated heterocycles. The van der Waals surface area contributed by atoms with Gasteiger partial charge in [0.05, 0.1) is 0 Å². The molecule has 0 atom stereocenters. The van der Waals surface area contributed by atoms with Crippen molar-refractivity contribution in [2.45, 2.75) is 19.4 Å². The minimum Gasteiger partial charge on any atom is -0.489 e. The first-order valence-corrected chi connectivity index (χ1v) is 8.88. The first-order chi connectivity index (χ1) is 12.7. The van der Waals surface area contributed by atoms with Gasteiger partial charge >= 0.3 is 0 Å². The summed E-state index contributed by atoms with van der Waals surface area (Å²) >= 11 is 6.11. The van der Waals surface area contributed by atoms with Crippen LogP contribution in [0.1, 0.15) is 17.5 Å². The summed E-state index contributed by atoms with van der Waals surface area (Å²) in [5, 5.41) is 3.59. The fourth-order valence-electron chi connectivity index (χ4n) is 2.55. The molecule has 3 aromatic rings. The molecule has 0 bridgehead atoms. The van der Waals surface area contributed by atoms with Gasteiger partial charge < -0.3 is 10.1 Å². The molecule has 0 aliphatic carbocycles. The van der Waals surface area contributed by atoms with Crippen LogP contribution in [0.25, 0.3) is 0 Å². The lowest BCUT2D eigenvalue weighted by Crippen LogP contribution is -2.12. The van der Waals surface area contributed by atoms with Crippen LogP contribution in [0.4, 0.5) is 5.69 Å². The number of aryl methyl sites for hydroxylation is 1. The Labute approximate surface area is 158 Å². The van der Waals surface area contributed by atoms with Gasteiger partial charge in [0.25, 0.3) is 0 Å². The number of benzene rings is 3. The molecule has 0 unspecified atom stereocenters. The Kier molecular flexibility index (Phi) is 6.29. The predicted octanol–water partition coefficient (Wildman–Crippen LogP) is 5.49. The van der Waals surface area contributed by atoms with E-state index in [-0.39, 0.29) is 5.91 Å². The molecule has 4 heteroatoms. The van der Waals surface area contributed by atoms with E-state index < -0.39 is 0 Å². The zero-order valence-corrected chi connectivity index (χ0v) is 15.1. The summed E-state index contributed by atoms with van der Waals surface area (Å²) in [5.74, 6) is 0.728. The van der Waals surface area contributed by atoms with Crippen LogP contribution in [0.2, 0.25) is 5.02 Å². The summed E-state index contributed by atoms with van der Waals surface area (Å²) in [6, 6.07) is 25.0. The van der Waals surface area contributed by atoms with Crippen LogP contribution < -0.4 is 10.1 Å². The third-order valence-electron chi connectivity index (χ3n) is 3.97. The van der Waals surface area contributed by atoms with Crippen LogP contribution in [0.5, 0.6) is 5.75 Å². The maximum absolute atomic E-state index is 12.1. The maximum Gasteiger partial charge on any atom is 0.224 e. The van der Waals surface area contributed by atoms with E-state index in [0.29, 0.717) is 24.5 Å². The second-order valence-electron chi connectivity index (χ2n) is 5.94. The summed E-state index contributed by atoms with van der Waals surface area (Å²) in [6.07, 6.45) is 1.000. The monoisotopic (exact) mass is 365 g/mol. The number of hydrogen-bond acceptors (Lipinski definition) is 2. The smallest absolute Gasteiger partial charge is 0.224 e. The van der Waals surface area contributed by atoms with E-state index >= 15 is 0 Å². The second-order valence-corrected chi connectivity index (χ2v) is 6.35. The molecule has 3 aromatic carbocycles. The predicted molar refractivity (Wildman–Crippen MR) is 106 cm³/mol. The van der Waals surface area contributed by atoms with E-state index in [0.717, 1.165) is 22.6 Å². The number of ether oxygens (including phenoxy) is 1. The van der Waals surface area contributed by atoms with Gasteiger partial charge in [0, 0.05) is 17.1 Å². The van der Waals surface area contributed by atoms with E-state index in [2.05, 4.69) is 5.32 Å². The van der Waals surface area contributed by atoms with Crippen molar-refractivity contribution in [1.29, 1.82) is 0 Å². The number of carbonyl (C=O) groups is 1. The van der Waals surface area contributed by atoms with Gasteiger partial charge in [-0.15, -0.1) is 0 Å². The number of amides is 1. The summed E-state index contributed by atoms with van der Waals surface area (Å²) in [5.41, 5.74) is 2.85. The molecule has 0 fully saturated rings. The van der Waals surface area contributed by atoms with Crippen molar-refractivity contribution in [3.63, 3.8) is 0 Å². The standard InChI is InChI=1S/C22H20ClNO2/c23-21-9-5-4-8-18(21)10-15-22(25)24-19-11-13-20(14-12-19)26-16-17-6-2-1-3-7-17/h1-9,11-14H,10,15-16H2,(H,24,25). The van der Waals surface area contributed by atoms with Crippen molar-refractivity contribution < 1.29 is 9.53 Å². The third kappa shape index (κ3) is 5.36. The van der Waals surface area contributed by atoms with E-state index in [9.17, 15) is 4.79 Å². The van der Waals surface area contributed by atoms with Crippen LogP contribution in [-0.2, 0) is 17.8 Å². The van der Waals surface area contributed by atoms with Crippen LogP contribution >= 0.6 is 11.6 Å². The highest BCUT2D eigenvalue weighted by Crippen LogP contribution is 2.19. The Hall–Kier alpha value is -2.78. The topological polar surface area (TPSA) is 38.3 Å². The molecule has 0 heterocycles. The van der Waals surface area contributed by atoms with Gasteiger partial charge in [-0.1, -0.05) is 60.1 Å². The Bertz CT molecular complexity index is 848. The highest BCUT2D eigenvalue weighted by Gasteiger charge is 2.06. The van der Waals surface area contributed by atoms with Gasteiger partial charge in [0.15, 0.2) is 0 Å². The normalized spacial score (nSPS) is 10.3. The number of anilines is 1. The first kappa shape index (κ1) is 18.0. The minimum absolute atomic E-state index is 0.0390. The highest BCUT2D eigenvalue weighted by molar-refractivity contribution is 6.31. The summed E-state index contributed by atoms with van der Waals surface area (Å²) in [7, 11) is 0. The summed E-state index contributed by atoms with van der Waals surface area (Å²) in [4.78, 5) is 12.1. The van der Waals surface area contributed by atoms with Crippen molar-refractivity contribution in [2.75, 3.05) is 5.32 Å². The average molecular weight is 366 g/mol. The molecule has 0 saturated carbocycles. The van der Waals surface area contributed by atoms with Crippen LogP contribution in [0, 0.1) is 0 Å². The lowest BCUT2D eigenvalue weighted by atomic mass is 10.1. The molecule has 1 amide bonds. The Balaban J connectivity index is 1.47. The number of carbonyl (C=O) groups excluding carboxylic acids is 1. The van der Waals surface area contributed by atoms with Crippen LogP contribution in [-0.4, -0.2) is 5.91 Å². The van der Waals surface area contributed by atoms with Crippen molar-refractivity contribution in [3.8, 4) is 5.75 Å². The average Bonchev–Trinajstić information content (AvgIpc) is 2.68. The van der Waals surface area contributed by atoms with E-state index in [1.807, 2.05) is 78.9 Å². The third-order valence-corrected chi connectivity index (χ3v) is 4.33. The fourth-order valence-corrected chi connectivity index (χ4v) is 2.78. The molecule has 3 rings (SSSR count). The second kappa shape index (κ2) is 9.07. The molecule has 0 spiro atoms. The zero-order valence-electron chi connectivity index (χ0n) is 14.3. The molecule has 1 N–H and O–H groups in total. The Morgan fingerprint density at radius 2 is 1.58 bits per heavy atom.